The fourth-order valence-electron chi connectivity index (χ4n) is 2.48. The van der Waals surface area contributed by atoms with Gasteiger partial charge in [-0.2, -0.15) is 0 Å². The van der Waals surface area contributed by atoms with E-state index in [9.17, 15) is 9.90 Å². The molecule has 118 valence electrons. The molecule has 0 atom stereocenters. The summed E-state index contributed by atoms with van der Waals surface area (Å²) in [6, 6.07) is 3.85. The highest BCUT2D eigenvalue weighted by Crippen LogP contribution is 2.22. The Morgan fingerprint density at radius 1 is 1.43 bits per heavy atom. The van der Waals surface area contributed by atoms with Gasteiger partial charge in [-0.25, -0.2) is 0 Å². The molecule has 0 aliphatic carbocycles. The number of aryl methyl sites for hydroxylation is 1. The minimum atomic E-state index is -0.119. The molecule has 0 aromatic carbocycles. The second-order valence-corrected chi connectivity index (χ2v) is 7.28. The minimum absolute atomic E-state index is 0.105. The van der Waals surface area contributed by atoms with E-state index in [1.807, 2.05) is 12.1 Å². The van der Waals surface area contributed by atoms with Crippen molar-refractivity contribution in [3.05, 3.63) is 21.3 Å². The first kappa shape index (κ1) is 16.7. The summed E-state index contributed by atoms with van der Waals surface area (Å²) >= 11 is 7.39. The van der Waals surface area contributed by atoms with E-state index in [-0.39, 0.29) is 12.0 Å². The summed E-state index contributed by atoms with van der Waals surface area (Å²) in [5.41, 5.74) is 0. The first-order valence-electron chi connectivity index (χ1n) is 7.55. The van der Waals surface area contributed by atoms with Gasteiger partial charge in [0.1, 0.15) is 0 Å². The molecule has 6 heteroatoms. The molecule has 1 fully saturated rings. The minimum Gasteiger partial charge on any atom is -0.393 e. The number of thiophene rings is 1. The molecule has 2 rings (SSSR count). The Kier molecular flexibility index (Phi) is 6.96. The van der Waals surface area contributed by atoms with Crippen LogP contribution in [-0.2, 0) is 11.2 Å². The lowest BCUT2D eigenvalue weighted by Crippen LogP contribution is -2.37. The van der Waals surface area contributed by atoms with Gasteiger partial charge in [0.05, 0.1) is 10.4 Å². The molecule has 0 saturated carbocycles. The first-order valence-corrected chi connectivity index (χ1v) is 8.74. The fraction of sp³-hybridized carbons (Fsp3) is 0.667. The molecule has 1 aliphatic rings. The maximum atomic E-state index is 11.7. The van der Waals surface area contributed by atoms with E-state index in [4.69, 9.17) is 11.6 Å². The number of carbonyl (C=O) groups is 1. The van der Waals surface area contributed by atoms with Gasteiger partial charge in [-0.15, -0.1) is 11.3 Å². The molecule has 1 saturated heterocycles. The fourth-order valence-corrected chi connectivity index (χ4v) is 3.57. The zero-order valence-electron chi connectivity index (χ0n) is 12.2. The van der Waals surface area contributed by atoms with E-state index < -0.39 is 0 Å². The van der Waals surface area contributed by atoms with Crippen LogP contribution in [0.4, 0.5) is 0 Å². The number of nitrogens with zero attached hydrogens (tertiary/aromatic N) is 1. The summed E-state index contributed by atoms with van der Waals surface area (Å²) in [6.07, 6.45) is 3.87. The van der Waals surface area contributed by atoms with Crippen molar-refractivity contribution >= 4 is 28.8 Å². The lowest BCUT2D eigenvalue weighted by Gasteiger charge is -2.29. The number of aliphatic hydroxyl groups excluding tert-OH is 1. The topological polar surface area (TPSA) is 52.6 Å². The van der Waals surface area contributed by atoms with Crippen molar-refractivity contribution in [3.63, 3.8) is 0 Å². The Morgan fingerprint density at radius 2 is 2.19 bits per heavy atom. The SMILES string of the molecule is O=C(CCc1ccc(Cl)s1)NCCCN1CCC(O)CC1. The normalized spacial score (nSPS) is 17.0. The third-order valence-corrected chi connectivity index (χ3v) is 5.05. The summed E-state index contributed by atoms with van der Waals surface area (Å²) in [4.78, 5) is 15.2. The van der Waals surface area contributed by atoms with Gasteiger partial charge in [-0.1, -0.05) is 11.6 Å². The van der Waals surface area contributed by atoms with Crippen molar-refractivity contribution < 1.29 is 9.90 Å². The maximum Gasteiger partial charge on any atom is 0.220 e. The third-order valence-electron chi connectivity index (χ3n) is 3.76. The number of halogens is 1. The molecule has 0 unspecified atom stereocenters. The zero-order valence-corrected chi connectivity index (χ0v) is 13.8. The monoisotopic (exact) mass is 330 g/mol. The van der Waals surface area contributed by atoms with E-state index in [0.29, 0.717) is 6.42 Å². The van der Waals surface area contributed by atoms with Crippen LogP contribution in [0.2, 0.25) is 4.34 Å². The van der Waals surface area contributed by atoms with Crippen molar-refractivity contribution in [2.75, 3.05) is 26.2 Å². The highest BCUT2D eigenvalue weighted by Gasteiger charge is 2.16. The summed E-state index contributed by atoms with van der Waals surface area (Å²) in [6.45, 7) is 3.65. The van der Waals surface area contributed by atoms with Crippen molar-refractivity contribution in [3.8, 4) is 0 Å². The summed E-state index contributed by atoms with van der Waals surface area (Å²) in [5, 5.41) is 12.4. The Balaban J connectivity index is 1.51. The largest absolute Gasteiger partial charge is 0.393 e. The van der Waals surface area contributed by atoms with Gasteiger partial charge >= 0.3 is 0 Å². The van der Waals surface area contributed by atoms with Crippen LogP contribution in [0.25, 0.3) is 0 Å². The van der Waals surface area contributed by atoms with Crippen LogP contribution in [0.15, 0.2) is 12.1 Å². The summed E-state index contributed by atoms with van der Waals surface area (Å²) in [5.74, 6) is 0.105. The Labute approximate surface area is 135 Å². The molecule has 1 aromatic heterocycles. The predicted octanol–water partition coefficient (Wildman–Crippen LogP) is 2.30. The lowest BCUT2D eigenvalue weighted by atomic mass is 10.1. The van der Waals surface area contributed by atoms with Crippen molar-refractivity contribution in [1.82, 2.24) is 10.2 Å². The van der Waals surface area contributed by atoms with Crippen LogP contribution in [0, 0.1) is 0 Å². The molecule has 0 spiro atoms. The van der Waals surface area contributed by atoms with Gasteiger partial charge in [0.25, 0.3) is 0 Å². The van der Waals surface area contributed by atoms with E-state index >= 15 is 0 Å². The summed E-state index contributed by atoms with van der Waals surface area (Å²) in [7, 11) is 0. The third kappa shape index (κ3) is 6.34. The Hall–Kier alpha value is -0.620. The number of hydrogen-bond acceptors (Lipinski definition) is 4. The van der Waals surface area contributed by atoms with Crippen LogP contribution in [0.5, 0.6) is 0 Å². The summed E-state index contributed by atoms with van der Waals surface area (Å²) < 4.78 is 0.775. The number of rotatable bonds is 7. The zero-order chi connectivity index (χ0) is 15.1. The molecule has 2 heterocycles. The van der Waals surface area contributed by atoms with Gasteiger partial charge in [-0.05, 0) is 44.4 Å². The number of carbonyl (C=O) groups excluding carboxylic acids is 1. The molecule has 1 amide bonds. The maximum absolute atomic E-state index is 11.7. The van der Waals surface area contributed by atoms with Gasteiger partial charge < -0.3 is 15.3 Å². The number of piperidine rings is 1. The van der Waals surface area contributed by atoms with E-state index in [1.165, 1.54) is 11.3 Å². The molecular weight excluding hydrogens is 308 g/mol. The Bertz CT molecular complexity index is 445. The van der Waals surface area contributed by atoms with Crippen molar-refractivity contribution in [2.24, 2.45) is 0 Å². The number of nitrogens with one attached hydrogen (secondary N) is 1. The lowest BCUT2D eigenvalue weighted by molar-refractivity contribution is -0.121. The van der Waals surface area contributed by atoms with Crippen LogP contribution < -0.4 is 5.32 Å². The quantitative estimate of drug-likeness (QED) is 0.754. The number of hydrogen-bond donors (Lipinski definition) is 2. The van der Waals surface area contributed by atoms with E-state index in [1.54, 1.807) is 0 Å². The molecule has 2 N–H and O–H groups in total. The van der Waals surface area contributed by atoms with Crippen LogP contribution in [0.1, 0.15) is 30.6 Å². The average molecular weight is 331 g/mol. The van der Waals surface area contributed by atoms with Crippen molar-refractivity contribution in [2.45, 2.75) is 38.2 Å². The van der Waals surface area contributed by atoms with Gasteiger partial charge in [0.2, 0.25) is 5.91 Å². The molecule has 0 bridgehead atoms. The molecule has 0 radical (unpaired) electrons. The van der Waals surface area contributed by atoms with Gasteiger partial charge in [-0.3, -0.25) is 4.79 Å². The van der Waals surface area contributed by atoms with Gasteiger partial charge in [0, 0.05) is 30.9 Å². The molecule has 1 aliphatic heterocycles. The number of amides is 1. The predicted molar refractivity (Wildman–Crippen MR) is 87.0 cm³/mol. The Morgan fingerprint density at radius 3 is 2.86 bits per heavy atom. The highest BCUT2D eigenvalue weighted by molar-refractivity contribution is 7.16. The van der Waals surface area contributed by atoms with Crippen LogP contribution in [-0.4, -0.2) is 48.2 Å². The molecule has 1 aromatic rings. The smallest absolute Gasteiger partial charge is 0.220 e. The second kappa shape index (κ2) is 8.73. The second-order valence-electron chi connectivity index (χ2n) is 5.48. The first-order chi connectivity index (χ1) is 10.1. The van der Waals surface area contributed by atoms with Crippen LogP contribution in [0.3, 0.4) is 0 Å². The number of aliphatic hydroxyl groups is 1. The van der Waals surface area contributed by atoms with E-state index in [0.717, 1.165) is 61.1 Å². The van der Waals surface area contributed by atoms with Crippen LogP contribution >= 0.6 is 22.9 Å². The molecule has 21 heavy (non-hydrogen) atoms. The van der Waals surface area contributed by atoms with Gasteiger partial charge in [0.15, 0.2) is 0 Å². The molecular formula is C15H23ClN2O2S. The average Bonchev–Trinajstić information content (AvgIpc) is 2.89. The van der Waals surface area contributed by atoms with Crippen molar-refractivity contribution in [1.29, 1.82) is 0 Å². The standard InChI is InChI=1S/C15H23ClN2O2S/c16-14-4-2-13(21-14)3-5-15(20)17-8-1-9-18-10-6-12(19)7-11-18/h2,4,12,19H,1,3,5-11H2,(H,17,20). The highest BCUT2D eigenvalue weighted by atomic mass is 35.5. The van der Waals surface area contributed by atoms with E-state index in [2.05, 4.69) is 10.2 Å². The molecule has 4 nitrogen and oxygen atoms in total. The number of likely N-dealkylation sites (tertiary alicyclic amines) is 1.